The fraction of sp³-hybridized carbons (Fsp3) is 0.286. The molecule has 0 fully saturated rings. The van der Waals surface area contributed by atoms with Gasteiger partial charge in [0.25, 0.3) is 5.89 Å². The Balaban J connectivity index is 1.74. The van der Waals surface area contributed by atoms with E-state index in [9.17, 15) is 13.2 Å². The molecule has 170 valence electrons. The lowest BCUT2D eigenvalue weighted by Gasteiger charge is -2.12. The van der Waals surface area contributed by atoms with Gasteiger partial charge in [-0.3, -0.25) is 0 Å². The molecule has 1 N–H and O–H groups in total. The predicted molar refractivity (Wildman–Crippen MR) is 116 cm³/mol. The number of ether oxygens (including phenoxy) is 2. The van der Waals surface area contributed by atoms with Gasteiger partial charge >= 0.3 is 5.97 Å². The summed E-state index contributed by atoms with van der Waals surface area (Å²) in [6.45, 7) is 3.61. The molecule has 9 nitrogen and oxygen atoms in total. The fourth-order valence-corrected chi connectivity index (χ4v) is 3.98. The highest BCUT2D eigenvalue weighted by Crippen LogP contribution is 2.26. The summed E-state index contributed by atoms with van der Waals surface area (Å²) in [5, 5.41) is 4.34. The van der Waals surface area contributed by atoms with Crippen molar-refractivity contribution in [3.8, 4) is 5.75 Å². The molecule has 2 aromatic carbocycles. The number of hydrogen-bond acceptors (Lipinski definition) is 8. The summed E-state index contributed by atoms with van der Waals surface area (Å²) in [7, 11) is -2.66. The number of benzene rings is 2. The molecule has 0 amide bonds. The van der Waals surface area contributed by atoms with Crippen LogP contribution in [-0.2, 0) is 27.9 Å². The minimum Gasteiger partial charge on any atom is -0.495 e. The average molecular weight is 480 g/mol. The lowest BCUT2D eigenvalue weighted by Crippen LogP contribution is -2.24. The molecule has 0 saturated heterocycles. The lowest BCUT2D eigenvalue weighted by atomic mass is 10.2. The molecule has 11 heteroatoms. The van der Waals surface area contributed by atoms with Crippen molar-refractivity contribution in [2.45, 2.75) is 37.8 Å². The van der Waals surface area contributed by atoms with Gasteiger partial charge in [0.2, 0.25) is 10.0 Å². The monoisotopic (exact) mass is 479 g/mol. The first-order chi connectivity index (χ1) is 15.2. The first-order valence-corrected chi connectivity index (χ1v) is 11.5. The molecular weight excluding hydrogens is 458 g/mol. The van der Waals surface area contributed by atoms with Crippen molar-refractivity contribution in [3.05, 3.63) is 70.3 Å². The van der Waals surface area contributed by atoms with Crippen LogP contribution in [0.15, 0.2) is 51.9 Å². The summed E-state index contributed by atoms with van der Waals surface area (Å²) in [5.41, 5.74) is 0.745. The van der Waals surface area contributed by atoms with Crippen LogP contribution in [0.4, 0.5) is 0 Å². The highest BCUT2D eigenvalue weighted by molar-refractivity contribution is 7.89. The number of esters is 1. The van der Waals surface area contributed by atoms with Gasteiger partial charge in [0.15, 0.2) is 12.4 Å². The average Bonchev–Trinajstić information content (AvgIpc) is 3.26. The summed E-state index contributed by atoms with van der Waals surface area (Å²) < 4.78 is 43.6. The molecule has 1 aromatic heterocycles. The van der Waals surface area contributed by atoms with E-state index >= 15 is 0 Å². The number of hydrogen-bond donors (Lipinski definition) is 1. The number of carbonyl (C=O) groups excluding carboxylic acids is 1. The van der Waals surface area contributed by atoms with Gasteiger partial charge in [-0.1, -0.05) is 42.7 Å². The van der Waals surface area contributed by atoms with Gasteiger partial charge in [-0.2, -0.15) is 4.98 Å². The maximum absolute atomic E-state index is 12.9. The predicted octanol–water partition coefficient (Wildman–Crippen LogP) is 3.69. The zero-order valence-corrected chi connectivity index (χ0v) is 19.2. The number of methoxy groups -OCH3 is 1. The van der Waals surface area contributed by atoms with E-state index in [0.29, 0.717) is 16.4 Å². The van der Waals surface area contributed by atoms with E-state index in [1.807, 2.05) is 13.8 Å². The maximum atomic E-state index is 12.9. The van der Waals surface area contributed by atoms with Gasteiger partial charge in [-0.25, -0.2) is 17.9 Å². The third-order valence-corrected chi connectivity index (χ3v) is 6.07. The number of rotatable bonds is 9. The number of nitrogens with zero attached hydrogens (tertiary/aromatic N) is 2. The summed E-state index contributed by atoms with van der Waals surface area (Å²) in [5.74, 6) is 0.0568. The van der Waals surface area contributed by atoms with E-state index in [0.717, 1.165) is 0 Å². The Kier molecular flexibility index (Phi) is 7.49. The van der Waals surface area contributed by atoms with Crippen LogP contribution < -0.4 is 9.46 Å². The van der Waals surface area contributed by atoms with E-state index in [-0.39, 0.29) is 41.2 Å². The standard InChI is InChI=1S/C21H22ClN3O6S/c1-13(2)20-24-19(31-25-20)12-30-21(26)15-6-9-17(29-3)18(10-15)32(27,28)23-11-14-4-7-16(22)8-5-14/h4-10,13,23H,11-12H2,1-3H3. The zero-order chi connectivity index (χ0) is 23.3. The van der Waals surface area contributed by atoms with Gasteiger partial charge < -0.3 is 14.0 Å². The first-order valence-electron chi connectivity index (χ1n) is 9.61. The van der Waals surface area contributed by atoms with E-state index in [2.05, 4.69) is 14.9 Å². The van der Waals surface area contributed by atoms with Gasteiger partial charge in [0.1, 0.15) is 10.6 Å². The molecule has 1 heterocycles. The summed E-state index contributed by atoms with van der Waals surface area (Å²) in [6, 6.07) is 10.7. The smallest absolute Gasteiger partial charge is 0.338 e. The Morgan fingerprint density at radius 2 is 1.91 bits per heavy atom. The quantitative estimate of drug-likeness (QED) is 0.461. The minimum atomic E-state index is -4.00. The molecule has 0 aliphatic carbocycles. The second-order valence-electron chi connectivity index (χ2n) is 7.09. The molecule has 3 aromatic rings. The van der Waals surface area contributed by atoms with Crippen molar-refractivity contribution in [2.75, 3.05) is 7.11 Å². The molecule has 0 saturated carbocycles. The van der Waals surface area contributed by atoms with E-state index < -0.39 is 16.0 Å². The van der Waals surface area contributed by atoms with Crippen molar-refractivity contribution in [3.63, 3.8) is 0 Å². The molecule has 0 unspecified atom stereocenters. The number of aromatic nitrogens is 2. The molecule has 0 aliphatic heterocycles. The third kappa shape index (κ3) is 5.84. The molecular formula is C21H22ClN3O6S. The summed E-state index contributed by atoms with van der Waals surface area (Å²) in [6.07, 6.45) is 0. The molecule has 0 bridgehead atoms. The number of halogens is 1. The van der Waals surface area contributed by atoms with Gasteiger partial charge in [-0.15, -0.1) is 0 Å². The largest absolute Gasteiger partial charge is 0.495 e. The van der Waals surface area contributed by atoms with Crippen LogP contribution >= 0.6 is 11.6 Å². The molecule has 32 heavy (non-hydrogen) atoms. The Labute approximate surface area is 190 Å². The Bertz CT molecular complexity index is 1190. The highest BCUT2D eigenvalue weighted by Gasteiger charge is 2.22. The Morgan fingerprint density at radius 1 is 1.19 bits per heavy atom. The fourth-order valence-electron chi connectivity index (χ4n) is 2.64. The van der Waals surface area contributed by atoms with E-state index in [4.69, 9.17) is 25.6 Å². The molecule has 0 aliphatic rings. The van der Waals surface area contributed by atoms with Crippen molar-refractivity contribution < 1.29 is 27.2 Å². The first kappa shape index (κ1) is 23.7. The van der Waals surface area contributed by atoms with Crippen LogP contribution in [0.1, 0.15) is 47.4 Å². The minimum absolute atomic E-state index is 0.0290. The highest BCUT2D eigenvalue weighted by atomic mass is 35.5. The van der Waals surface area contributed by atoms with Crippen molar-refractivity contribution >= 4 is 27.6 Å². The SMILES string of the molecule is COc1ccc(C(=O)OCc2nc(C(C)C)no2)cc1S(=O)(=O)NCc1ccc(Cl)cc1. The van der Waals surface area contributed by atoms with E-state index in [1.165, 1.54) is 25.3 Å². The van der Waals surface area contributed by atoms with Crippen LogP contribution in [0.3, 0.4) is 0 Å². The lowest BCUT2D eigenvalue weighted by molar-refractivity contribution is 0.0429. The molecule has 0 radical (unpaired) electrons. The van der Waals surface area contributed by atoms with Crippen LogP contribution in [0.5, 0.6) is 5.75 Å². The Morgan fingerprint density at radius 3 is 2.53 bits per heavy atom. The molecule has 0 spiro atoms. The van der Waals surface area contributed by atoms with Crippen LogP contribution in [-0.4, -0.2) is 31.6 Å². The third-order valence-electron chi connectivity index (χ3n) is 4.40. The summed E-state index contributed by atoms with van der Waals surface area (Å²) >= 11 is 5.85. The van der Waals surface area contributed by atoms with Crippen LogP contribution in [0, 0.1) is 0 Å². The second kappa shape index (κ2) is 10.1. The van der Waals surface area contributed by atoms with E-state index in [1.54, 1.807) is 24.3 Å². The molecule has 3 rings (SSSR count). The van der Waals surface area contributed by atoms with Crippen LogP contribution in [0.2, 0.25) is 5.02 Å². The topological polar surface area (TPSA) is 121 Å². The van der Waals surface area contributed by atoms with Crippen molar-refractivity contribution in [2.24, 2.45) is 0 Å². The summed E-state index contributed by atoms with van der Waals surface area (Å²) in [4.78, 5) is 16.4. The number of carbonyl (C=O) groups is 1. The van der Waals surface area contributed by atoms with Gasteiger partial charge in [-0.05, 0) is 35.9 Å². The zero-order valence-electron chi connectivity index (χ0n) is 17.7. The number of nitrogens with one attached hydrogen (secondary N) is 1. The number of sulfonamides is 1. The van der Waals surface area contributed by atoms with Gasteiger partial charge in [0.05, 0.1) is 12.7 Å². The maximum Gasteiger partial charge on any atom is 0.338 e. The second-order valence-corrected chi connectivity index (χ2v) is 9.27. The molecule has 0 atom stereocenters. The normalized spacial score (nSPS) is 11.5. The van der Waals surface area contributed by atoms with Crippen LogP contribution in [0.25, 0.3) is 0 Å². The van der Waals surface area contributed by atoms with Crippen molar-refractivity contribution in [1.82, 2.24) is 14.9 Å². The van der Waals surface area contributed by atoms with Gasteiger partial charge in [0, 0.05) is 17.5 Å². The van der Waals surface area contributed by atoms with Crippen molar-refractivity contribution in [1.29, 1.82) is 0 Å². The Hall–Kier alpha value is -2.95.